The molecule has 1 aromatic heterocycles. The normalized spacial score (nSPS) is 10.2. The Morgan fingerprint density at radius 2 is 2.19 bits per heavy atom. The van der Waals surface area contributed by atoms with Gasteiger partial charge >= 0.3 is 17.7 Å². The van der Waals surface area contributed by atoms with Gasteiger partial charge in [0.1, 0.15) is 0 Å². The maximum Gasteiger partial charge on any atom is 0.339 e. The van der Waals surface area contributed by atoms with E-state index >= 15 is 0 Å². The van der Waals surface area contributed by atoms with E-state index < -0.39 is 10.9 Å². The molecule has 0 amide bonds. The molecule has 0 aliphatic heterocycles. The van der Waals surface area contributed by atoms with E-state index in [0.29, 0.717) is 0 Å². The van der Waals surface area contributed by atoms with E-state index in [2.05, 4.69) is 9.97 Å². The van der Waals surface area contributed by atoms with E-state index in [9.17, 15) is 14.9 Å². The average Bonchev–Trinajstić information content (AvgIpc) is 2.40. The number of aryl methyl sites for hydroxylation is 1. The molecule has 0 atom stereocenters. The van der Waals surface area contributed by atoms with E-state index in [4.69, 9.17) is 21.4 Å². The molecule has 0 aliphatic carbocycles. The van der Waals surface area contributed by atoms with Crippen molar-refractivity contribution in [2.75, 3.05) is 0 Å². The molecule has 0 spiro atoms. The Hall–Kier alpha value is -2.74. The van der Waals surface area contributed by atoms with E-state index in [1.54, 1.807) is 0 Å². The second-order valence-electron chi connectivity index (χ2n) is 3.90. The second kappa shape index (κ2) is 5.71. The lowest BCUT2D eigenvalue weighted by Crippen LogP contribution is -2.05. The second-order valence-corrected chi connectivity index (χ2v) is 4.31. The summed E-state index contributed by atoms with van der Waals surface area (Å²) in [7, 11) is 0. The standard InChI is InChI=1S/C12H8ClN3O5/c1-6-7(11(17)18)5-14-12(15-6)21-10-8(13)3-2-4-9(10)16(19)20/h2-5H,1H3,(H,17,18). The third-order valence-corrected chi connectivity index (χ3v) is 2.82. The van der Waals surface area contributed by atoms with E-state index in [-0.39, 0.29) is 33.7 Å². The SMILES string of the molecule is Cc1nc(Oc2c(Cl)cccc2[N+](=O)[O-])ncc1C(=O)O. The average molecular weight is 310 g/mol. The molecule has 0 unspecified atom stereocenters. The number of aromatic carboxylic acids is 1. The molecule has 9 heteroatoms. The summed E-state index contributed by atoms with van der Waals surface area (Å²) in [6.45, 7) is 1.46. The largest absolute Gasteiger partial charge is 0.478 e. The molecule has 1 N–H and O–H groups in total. The van der Waals surface area contributed by atoms with Gasteiger partial charge in [0.05, 0.1) is 21.2 Å². The molecule has 2 rings (SSSR count). The van der Waals surface area contributed by atoms with Gasteiger partial charge in [0.25, 0.3) is 0 Å². The van der Waals surface area contributed by atoms with Crippen LogP contribution in [0.15, 0.2) is 24.4 Å². The fourth-order valence-electron chi connectivity index (χ4n) is 1.54. The van der Waals surface area contributed by atoms with Gasteiger partial charge < -0.3 is 9.84 Å². The Kier molecular flexibility index (Phi) is 3.99. The number of nitro groups is 1. The van der Waals surface area contributed by atoms with Gasteiger partial charge in [0, 0.05) is 12.3 Å². The number of hydrogen-bond acceptors (Lipinski definition) is 6. The Morgan fingerprint density at radius 3 is 2.76 bits per heavy atom. The van der Waals surface area contributed by atoms with Crippen molar-refractivity contribution in [3.8, 4) is 11.8 Å². The summed E-state index contributed by atoms with van der Waals surface area (Å²) in [5.74, 6) is -1.38. The van der Waals surface area contributed by atoms with Crippen molar-refractivity contribution in [2.24, 2.45) is 0 Å². The summed E-state index contributed by atoms with van der Waals surface area (Å²) < 4.78 is 5.23. The van der Waals surface area contributed by atoms with Gasteiger partial charge in [-0.25, -0.2) is 9.78 Å². The van der Waals surface area contributed by atoms with E-state index in [0.717, 1.165) is 6.20 Å². The van der Waals surface area contributed by atoms with Gasteiger partial charge in [0.2, 0.25) is 5.75 Å². The van der Waals surface area contributed by atoms with Crippen LogP contribution in [0, 0.1) is 17.0 Å². The van der Waals surface area contributed by atoms with Crippen LogP contribution in [0.4, 0.5) is 5.69 Å². The molecular formula is C12H8ClN3O5. The molecule has 108 valence electrons. The van der Waals surface area contributed by atoms with Gasteiger partial charge in [-0.2, -0.15) is 4.98 Å². The molecule has 8 nitrogen and oxygen atoms in total. The van der Waals surface area contributed by atoms with Crippen LogP contribution >= 0.6 is 11.6 Å². The van der Waals surface area contributed by atoms with Crippen LogP contribution in [0.5, 0.6) is 11.8 Å². The number of benzene rings is 1. The summed E-state index contributed by atoms with van der Waals surface area (Å²) >= 11 is 5.87. The number of rotatable bonds is 4. The molecular weight excluding hydrogens is 302 g/mol. The molecule has 1 heterocycles. The lowest BCUT2D eigenvalue weighted by Gasteiger charge is -2.07. The number of carboxylic acids is 1. The third kappa shape index (κ3) is 3.06. The van der Waals surface area contributed by atoms with Gasteiger partial charge in [-0.05, 0) is 13.0 Å². The Balaban J connectivity index is 2.41. The predicted octanol–water partition coefficient (Wildman–Crippen LogP) is 2.84. The number of para-hydroxylation sites is 1. The molecule has 0 saturated carbocycles. The number of carbonyl (C=O) groups is 1. The fraction of sp³-hybridized carbons (Fsp3) is 0.0833. The lowest BCUT2D eigenvalue weighted by atomic mass is 10.2. The number of aromatic nitrogens is 2. The maximum absolute atomic E-state index is 10.9. The number of nitrogens with zero attached hydrogens (tertiary/aromatic N) is 3. The number of ether oxygens (including phenoxy) is 1. The highest BCUT2D eigenvalue weighted by molar-refractivity contribution is 6.32. The lowest BCUT2D eigenvalue weighted by molar-refractivity contribution is -0.385. The van der Waals surface area contributed by atoms with E-state index in [1.807, 2.05) is 0 Å². The van der Waals surface area contributed by atoms with Crippen LogP contribution in [0.3, 0.4) is 0 Å². The van der Waals surface area contributed by atoms with Crippen LogP contribution in [0.25, 0.3) is 0 Å². The van der Waals surface area contributed by atoms with Crippen molar-refractivity contribution in [3.63, 3.8) is 0 Å². The fourth-order valence-corrected chi connectivity index (χ4v) is 1.75. The maximum atomic E-state index is 10.9. The minimum atomic E-state index is -1.18. The highest BCUT2D eigenvalue weighted by atomic mass is 35.5. The molecule has 0 bridgehead atoms. The van der Waals surface area contributed by atoms with Gasteiger partial charge in [-0.1, -0.05) is 17.7 Å². The quantitative estimate of drug-likeness (QED) is 0.681. The summed E-state index contributed by atoms with van der Waals surface area (Å²) in [4.78, 5) is 28.7. The van der Waals surface area contributed by atoms with Crippen molar-refractivity contribution >= 4 is 23.3 Å². The number of carboxylic acid groups (broad SMARTS) is 1. The van der Waals surface area contributed by atoms with Crippen molar-refractivity contribution in [3.05, 3.63) is 50.8 Å². The molecule has 1 aromatic carbocycles. The van der Waals surface area contributed by atoms with E-state index in [1.165, 1.54) is 25.1 Å². The van der Waals surface area contributed by atoms with Crippen LogP contribution in [-0.4, -0.2) is 26.0 Å². The Morgan fingerprint density at radius 1 is 1.48 bits per heavy atom. The van der Waals surface area contributed by atoms with Crippen LogP contribution in [0.1, 0.15) is 16.1 Å². The first-order valence-corrected chi connectivity index (χ1v) is 5.95. The molecule has 0 aliphatic rings. The zero-order valence-corrected chi connectivity index (χ0v) is 11.4. The topological polar surface area (TPSA) is 115 Å². The monoisotopic (exact) mass is 309 g/mol. The van der Waals surface area contributed by atoms with Gasteiger partial charge in [-0.15, -0.1) is 0 Å². The number of nitro benzene ring substituents is 1. The van der Waals surface area contributed by atoms with Crippen molar-refractivity contribution < 1.29 is 19.6 Å². The minimum absolute atomic E-state index is 0.0211. The summed E-state index contributed by atoms with van der Waals surface area (Å²) in [6, 6.07) is 3.82. The predicted molar refractivity (Wildman–Crippen MR) is 71.9 cm³/mol. The molecule has 0 saturated heterocycles. The van der Waals surface area contributed by atoms with Crippen molar-refractivity contribution in [2.45, 2.75) is 6.92 Å². The molecule has 2 aromatic rings. The van der Waals surface area contributed by atoms with Crippen LogP contribution in [0.2, 0.25) is 5.02 Å². The van der Waals surface area contributed by atoms with Crippen LogP contribution < -0.4 is 4.74 Å². The number of halogens is 1. The molecule has 0 radical (unpaired) electrons. The minimum Gasteiger partial charge on any atom is -0.478 e. The Labute approximate surface area is 123 Å². The highest BCUT2D eigenvalue weighted by Gasteiger charge is 2.20. The first-order chi connectivity index (χ1) is 9.90. The van der Waals surface area contributed by atoms with Crippen molar-refractivity contribution in [1.29, 1.82) is 0 Å². The first kappa shape index (κ1) is 14.7. The van der Waals surface area contributed by atoms with Gasteiger partial charge in [0.15, 0.2) is 0 Å². The molecule has 0 fully saturated rings. The van der Waals surface area contributed by atoms with Crippen molar-refractivity contribution in [1.82, 2.24) is 9.97 Å². The summed E-state index contributed by atoms with van der Waals surface area (Å²) in [5, 5.41) is 19.8. The van der Waals surface area contributed by atoms with Gasteiger partial charge in [-0.3, -0.25) is 10.1 Å². The zero-order valence-electron chi connectivity index (χ0n) is 10.6. The number of hydrogen-bond donors (Lipinski definition) is 1. The highest BCUT2D eigenvalue weighted by Crippen LogP contribution is 2.36. The van der Waals surface area contributed by atoms with Crippen LogP contribution in [-0.2, 0) is 0 Å². The Bertz CT molecular complexity index is 735. The summed E-state index contributed by atoms with van der Waals surface area (Å²) in [6.07, 6.45) is 1.06. The summed E-state index contributed by atoms with van der Waals surface area (Å²) in [5.41, 5.74) is -0.260. The zero-order chi connectivity index (χ0) is 15.6. The third-order valence-electron chi connectivity index (χ3n) is 2.52. The molecule has 21 heavy (non-hydrogen) atoms. The smallest absolute Gasteiger partial charge is 0.339 e. The first-order valence-electron chi connectivity index (χ1n) is 5.58.